The highest BCUT2D eigenvalue weighted by molar-refractivity contribution is 8.40. The Labute approximate surface area is 40.1 Å². The van der Waals surface area contributed by atoms with Crippen LogP contribution in [0.5, 0.6) is 0 Å². The van der Waals surface area contributed by atoms with Crippen LogP contribution in [-0.2, 0) is 0 Å². The van der Waals surface area contributed by atoms with Crippen molar-refractivity contribution in [3.8, 4) is 0 Å². The van der Waals surface area contributed by atoms with Gasteiger partial charge < -0.3 is 4.90 Å². The van der Waals surface area contributed by atoms with Crippen LogP contribution in [0, 0.1) is 0 Å². The van der Waals surface area contributed by atoms with E-state index < -0.39 is 7.53 Å². The van der Waals surface area contributed by atoms with E-state index in [0.717, 1.165) is 0 Å². The maximum absolute atomic E-state index is 6.14. The Bertz CT molecular complexity index is 24.8. The van der Waals surface area contributed by atoms with Crippen LogP contribution < -0.4 is 0 Å². The maximum atomic E-state index is 6.14. The fourth-order valence-electron chi connectivity index (χ4n) is 0. The van der Waals surface area contributed by atoms with E-state index >= 15 is 0 Å². The molecule has 0 aliphatic carbocycles. The molecule has 2 atom stereocenters. The van der Waals surface area contributed by atoms with E-state index in [0.29, 0.717) is 0 Å². The summed E-state index contributed by atoms with van der Waals surface area (Å²) in [6.07, 6.45) is 0. The second-order valence-electron chi connectivity index (χ2n) is 0.360. The highest BCUT2D eigenvalue weighted by Crippen LogP contribution is 2.47. The molecule has 0 saturated carbocycles. The molecule has 0 fully saturated rings. The summed E-state index contributed by atoms with van der Waals surface area (Å²) in [5.41, 5.74) is 0. The molecule has 5 heavy (non-hydrogen) atoms. The minimum atomic E-state index is -0.598. The second kappa shape index (κ2) is 5.25. The van der Waals surface area contributed by atoms with Gasteiger partial charge in [0.1, 0.15) is 0 Å². The van der Waals surface area contributed by atoms with E-state index in [2.05, 4.69) is 22.8 Å². The van der Waals surface area contributed by atoms with E-state index in [1.54, 1.807) is 0 Å². The SMILES string of the molecule is C.[2H]OP(P)P. The molecule has 1 N–H and O–H groups in total. The average molecular weight is 131 g/mol. The molecule has 0 aromatic heterocycles. The minimum absolute atomic E-state index is 0. The first-order valence-electron chi connectivity index (χ1n) is 1.11. The van der Waals surface area contributed by atoms with Crippen LogP contribution in [0.3, 0.4) is 0 Å². The van der Waals surface area contributed by atoms with Gasteiger partial charge in [-0.05, 0) is 0 Å². The second-order valence-corrected chi connectivity index (χ2v) is 5.92. The van der Waals surface area contributed by atoms with Crippen LogP contribution in [0.15, 0.2) is 0 Å². The molecular formula is CH9OP3. The molecule has 0 saturated heterocycles. The summed E-state index contributed by atoms with van der Waals surface area (Å²) >= 11 is 0. The van der Waals surface area contributed by atoms with E-state index in [-0.39, 0.29) is 7.43 Å². The van der Waals surface area contributed by atoms with Gasteiger partial charge in [0.05, 0.1) is 7.53 Å². The van der Waals surface area contributed by atoms with Crippen molar-refractivity contribution < 1.29 is 4.90 Å². The molecule has 0 heterocycles. The predicted molar refractivity (Wildman–Crippen MR) is 35.3 cm³/mol. The number of hydrogen-bond donors (Lipinski definition) is 1. The molecule has 0 spiro atoms. The van der Waals surface area contributed by atoms with Gasteiger partial charge in [0, 0.05) is 0 Å². The predicted octanol–water partition coefficient (Wildman–Crippen LogP) is 1.59. The van der Waals surface area contributed by atoms with Crippen molar-refractivity contribution in [2.24, 2.45) is 0 Å². The Morgan fingerprint density at radius 2 is 2.00 bits per heavy atom. The molecule has 0 amide bonds. The van der Waals surface area contributed by atoms with Gasteiger partial charge in [-0.25, -0.2) is 0 Å². The van der Waals surface area contributed by atoms with Crippen LogP contribution >= 0.6 is 25.4 Å². The minimum Gasteiger partial charge on any atom is -0.366 e. The lowest BCUT2D eigenvalue weighted by molar-refractivity contribution is 0.656. The third kappa shape index (κ3) is 35.5. The highest BCUT2D eigenvalue weighted by atomic mass is 32.4. The summed E-state index contributed by atoms with van der Waals surface area (Å²) in [6, 6.07) is 0. The third-order valence-corrected chi connectivity index (χ3v) is 0. The molecule has 0 rings (SSSR count). The monoisotopic (exact) mass is 131 g/mol. The Morgan fingerprint density at radius 1 is 1.80 bits per heavy atom. The zero-order valence-electron chi connectivity index (χ0n) is 3.01. The van der Waals surface area contributed by atoms with Crippen molar-refractivity contribution in [2.45, 2.75) is 7.43 Å². The molecular weight excluding hydrogens is 121 g/mol. The first-order chi connectivity index (χ1) is 2.27. The maximum Gasteiger partial charge on any atom is 0.216 e. The van der Waals surface area contributed by atoms with Gasteiger partial charge in [0.15, 0.2) is 0 Å². The van der Waals surface area contributed by atoms with Crippen molar-refractivity contribution in [2.75, 3.05) is 0 Å². The summed E-state index contributed by atoms with van der Waals surface area (Å²) < 4.78 is 6.14. The van der Waals surface area contributed by atoms with Crippen molar-refractivity contribution in [1.82, 2.24) is 0 Å². The van der Waals surface area contributed by atoms with Gasteiger partial charge in [-0.2, -0.15) is 0 Å². The first-order valence-corrected chi connectivity index (χ1v) is 5.20. The molecule has 0 radical (unpaired) electrons. The number of rotatable bonds is 1. The lowest BCUT2D eigenvalue weighted by Crippen LogP contribution is -1.20. The summed E-state index contributed by atoms with van der Waals surface area (Å²) in [5, 5.41) is 0. The topological polar surface area (TPSA) is 20.2 Å². The van der Waals surface area contributed by atoms with Gasteiger partial charge in [-0.15, -0.1) is 0 Å². The average Bonchev–Trinajstić information content (AvgIpc) is 1.38. The Morgan fingerprint density at radius 3 is 2.00 bits per heavy atom. The van der Waals surface area contributed by atoms with Gasteiger partial charge in [0.2, 0.25) is 1.43 Å². The van der Waals surface area contributed by atoms with E-state index in [1.807, 2.05) is 0 Å². The van der Waals surface area contributed by atoms with Crippen LogP contribution in [0.2, 0.25) is 0 Å². The zero-order valence-corrected chi connectivity index (χ0v) is 5.21. The smallest absolute Gasteiger partial charge is 0.216 e. The van der Waals surface area contributed by atoms with E-state index in [4.69, 9.17) is 1.43 Å². The van der Waals surface area contributed by atoms with Gasteiger partial charge >= 0.3 is 0 Å². The first kappa shape index (κ1) is 6.25. The third-order valence-electron chi connectivity index (χ3n) is 0. The molecule has 34 valence electrons. The Balaban J connectivity index is 0. The molecule has 0 aliphatic heterocycles. The molecule has 0 aliphatic rings. The van der Waals surface area contributed by atoms with Crippen LogP contribution in [0.4, 0.5) is 0 Å². The van der Waals surface area contributed by atoms with Gasteiger partial charge in [0.25, 0.3) is 0 Å². The van der Waals surface area contributed by atoms with Crippen molar-refractivity contribution in [3.63, 3.8) is 0 Å². The van der Waals surface area contributed by atoms with Gasteiger partial charge in [-0.3, -0.25) is 0 Å². The molecule has 4 heteroatoms. The van der Waals surface area contributed by atoms with E-state index in [9.17, 15) is 0 Å². The zero-order chi connectivity index (χ0) is 4.28. The van der Waals surface area contributed by atoms with Gasteiger partial charge in [-0.1, -0.05) is 25.3 Å². The Hall–Kier alpha value is 1.25. The van der Waals surface area contributed by atoms with Crippen LogP contribution in [0.25, 0.3) is 0 Å². The van der Waals surface area contributed by atoms with Crippen LogP contribution in [-0.4, -0.2) is 6.33 Å². The lowest BCUT2D eigenvalue weighted by atomic mass is 12.0. The van der Waals surface area contributed by atoms with Crippen molar-refractivity contribution in [3.05, 3.63) is 0 Å². The van der Waals surface area contributed by atoms with E-state index in [1.165, 1.54) is 0 Å². The molecule has 0 bridgehead atoms. The number of hydrogen-bond acceptors (Lipinski definition) is 1. The normalized spacial score (nSPS) is 9.80. The highest BCUT2D eigenvalue weighted by Gasteiger charge is 1.68. The summed E-state index contributed by atoms with van der Waals surface area (Å²) in [6.45, 7) is 0. The summed E-state index contributed by atoms with van der Waals surface area (Å²) in [7, 11) is 4.11. The molecule has 0 aromatic rings. The largest absolute Gasteiger partial charge is 0.366 e. The van der Waals surface area contributed by atoms with Crippen molar-refractivity contribution in [1.29, 1.82) is 1.43 Å². The standard InChI is InChI=1S/CH4.H5OP3/c;1-4(2)3/h1H4;1H,2-3H2/i;1D. The summed E-state index contributed by atoms with van der Waals surface area (Å²) in [5.74, 6) is 0. The van der Waals surface area contributed by atoms with Crippen molar-refractivity contribution >= 4 is 25.4 Å². The fourth-order valence-corrected chi connectivity index (χ4v) is 0. The van der Waals surface area contributed by atoms with Crippen LogP contribution in [0.1, 0.15) is 7.43 Å². The quantitative estimate of drug-likeness (QED) is 0.535. The molecule has 0 aromatic carbocycles. The Kier molecular flexibility index (Phi) is 6.56. The molecule has 1 nitrogen and oxygen atoms in total. The summed E-state index contributed by atoms with van der Waals surface area (Å²) in [4.78, 5) is 3.99. The fraction of sp³-hybridized carbons (Fsp3) is 1.00. The molecule has 2 unspecified atom stereocenters. The lowest BCUT2D eigenvalue weighted by Gasteiger charge is -1.80.